The summed E-state index contributed by atoms with van der Waals surface area (Å²) in [5.41, 5.74) is 0. The van der Waals surface area contributed by atoms with Gasteiger partial charge in [-0.25, -0.2) is 4.57 Å². The molecular formula is C41H71O11P. The second-order valence-electron chi connectivity index (χ2n) is 13.4. The van der Waals surface area contributed by atoms with Crippen LogP contribution in [0.2, 0.25) is 0 Å². The van der Waals surface area contributed by atoms with Gasteiger partial charge in [-0.15, -0.1) is 0 Å². The van der Waals surface area contributed by atoms with Crippen molar-refractivity contribution in [2.45, 2.75) is 155 Å². The van der Waals surface area contributed by atoms with E-state index >= 15 is 0 Å². The predicted molar refractivity (Wildman–Crippen MR) is 211 cm³/mol. The van der Waals surface area contributed by atoms with Gasteiger partial charge < -0.3 is 29.7 Å². The molecule has 0 aliphatic carbocycles. The second-order valence-corrected chi connectivity index (χ2v) is 14.8. The Morgan fingerprint density at radius 2 is 1.32 bits per heavy atom. The quantitative estimate of drug-likeness (QED) is 0.0160. The van der Waals surface area contributed by atoms with Crippen LogP contribution in [0.3, 0.4) is 0 Å². The number of aliphatic hydroxyl groups excluding tert-OH is 3. The minimum absolute atomic E-state index is 0.143. The molecule has 0 radical (unpaired) electrons. The standard InChI is InChI=1S/C41H71O11P/c1-4-6-28-37(43)29-24-20-16-11-9-7-8-10-12-17-21-25-30-40(45)49-34-39(35-51-53(47,48)50-33-38(44)32-42)52-41(46)31-26-22-18-14-13-15-19-23-27-36(3)5-2/h6-8,11-12,16-17,20,24,28,36-39,42-44H,4-5,9-10,13-15,18-19,21-23,25-27,29-35H2,1-3H3,(H,47,48)/b8-7-,16-11-,17-12-,24-20+,28-6-/t36?,37?,38-,39+/m0/s1. The third-order valence-electron chi connectivity index (χ3n) is 8.30. The Hall–Kier alpha value is -2.37. The van der Waals surface area contributed by atoms with Crippen molar-refractivity contribution in [1.82, 2.24) is 0 Å². The van der Waals surface area contributed by atoms with Gasteiger partial charge in [0.15, 0.2) is 6.10 Å². The maximum absolute atomic E-state index is 12.5. The van der Waals surface area contributed by atoms with Gasteiger partial charge in [0.05, 0.1) is 25.9 Å². The van der Waals surface area contributed by atoms with Crippen LogP contribution in [-0.2, 0) is 32.7 Å². The molecule has 0 amide bonds. The first-order chi connectivity index (χ1) is 25.5. The molecular weight excluding hydrogens is 699 g/mol. The lowest BCUT2D eigenvalue weighted by Crippen LogP contribution is -2.29. The van der Waals surface area contributed by atoms with Gasteiger partial charge in [0.2, 0.25) is 0 Å². The van der Waals surface area contributed by atoms with Gasteiger partial charge in [-0.2, -0.15) is 0 Å². The molecule has 0 saturated carbocycles. The van der Waals surface area contributed by atoms with E-state index in [0.717, 1.165) is 44.4 Å². The molecule has 53 heavy (non-hydrogen) atoms. The number of aliphatic hydroxyl groups is 3. The minimum atomic E-state index is -4.64. The van der Waals surface area contributed by atoms with E-state index < -0.39 is 57.9 Å². The number of rotatable bonds is 35. The van der Waals surface area contributed by atoms with E-state index in [1.165, 1.54) is 38.5 Å². The van der Waals surface area contributed by atoms with Crippen LogP contribution in [0.25, 0.3) is 0 Å². The van der Waals surface area contributed by atoms with Crippen molar-refractivity contribution in [2.24, 2.45) is 5.92 Å². The summed E-state index contributed by atoms with van der Waals surface area (Å²) in [5, 5.41) is 28.0. The molecule has 5 atom stereocenters. The lowest BCUT2D eigenvalue weighted by molar-refractivity contribution is -0.161. The van der Waals surface area contributed by atoms with Crippen LogP contribution in [0, 0.1) is 5.92 Å². The number of hydrogen-bond acceptors (Lipinski definition) is 10. The maximum Gasteiger partial charge on any atom is 0.472 e. The van der Waals surface area contributed by atoms with Crippen molar-refractivity contribution in [2.75, 3.05) is 26.4 Å². The Bertz CT molecular complexity index is 1100. The first-order valence-electron chi connectivity index (χ1n) is 19.7. The first-order valence-corrected chi connectivity index (χ1v) is 21.2. The summed E-state index contributed by atoms with van der Waals surface area (Å²) in [6.07, 6.45) is 32.6. The Kier molecular flexibility index (Phi) is 33.8. The number of hydrogen-bond donors (Lipinski definition) is 4. The molecule has 0 saturated heterocycles. The summed E-state index contributed by atoms with van der Waals surface area (Å²) < 4.78 is 32.5. The molecule has 0 aromatic heterocycles. The summed E-state index contributed by atoms with van der Waals surface area (Å²) in [5.74, 6) is -0.226. The highest BCUT2D eigenvalue weighted by Crippen LogP contribution is 2.43. The molecule has 0 spiro atoms. The van der Waals surface area contributed by atoms with Gasteiger partial charge in [-0.05, 0) is 50.9 Å². The van der Waals surface area contributed by atoms with Gasteiger partial charge in [0.25, 0.3) is 0 Å². The van der Waals surface area contributed by atoms with E-state index in [4.69, 9.17) is 19.1 Å². The highest BCUT2D eigenvalue weighted by atomic mass is 31.2. The van der Waals surface area contributed by atoms with Crippen LogP contribution in [0.1, 0.15) is 136 Å². The van der Waals surface area contributed by atoms with Gasteiger partial charge in [0.1, 0.15) is 12.7 Å². The summed E-state index contributed by atoms with van der Waals surface area (Å²) >= 11 is 0. The smallest absolute Gasteiger partial charge is 0.462 e. The van der Waals surface area contributed by atoms with Crippen molar-refractivity contribution in [1.29, 1.82) is 0 Å². The SMILES string of the molecule is CC/C=C\C(O)C/C=C/C=C\C/C=C\C/C=C\CCCC(=O)OC[C@H](COP(=O)(O)OC[C@@H](O)CO)OC(=O)CCCCCCCCCCC(C)CC. The number of esters is 2. The van der Waals surface area contributed by atoms with Crippen LogP contribution in [0.5, 0.6) is 0 Å². The first kappa shape index (κ1) is 50.6. The molecule has 0 bridgehead atoms. The molecule has 0 aromatic carbocycles. The lowest BCUT2D eigenvalue weighted by Gasteiger charge is -2.20. The fourth-order valence-electron chi connectivity index (χ4n) is 4.85. The van der Waals surface area contributed by atoms with Crippen LogP contribution in [0.4, 0.5) is 0 Å². The van der Waals surface area contributed by atoms with Gasteiger partial charge >= 0.3 is 19.8 Å². The van der Waals surface area contributed by atoms with Crippen LogP contribution < -0.4 is 0 Å². The Balaban J connectivity index is 4.49. The molecule has 3 unspecified atom stereocenters. The van der Waals surface area contributed by atoms with Gasteiger partial charge in [-0.3, -0.25) is 18.6 Å². The summed E-state index contributed by atoms with van der Waals surface area (Å²) in [4.78, 5) is 34.8. The van der Waals surface area contributed by atoms with E-state index in [0.29, 0.717) is 25.7 Å². The van der Waals surface area contributed by atoms with Gasteiger partial charge in [0, 0.05) is 12.8 Å². The third kappa shape index (κ3) is 35.1. The van der Waals surface area contributed by atoms with E-state index in [9.17, 15) is 29.3 Å². The van der Waals surface area contributed by atoms with Crippen LogP contribution >= 0.6 is 7.82 Å². The summed E-state index contributed by atoms with van der Waals surface area (Å²) in [6.45, 7) is 4.34. The summed E-state index contributed by atoms with van der Waals surface area (Å²) in [7, 11) is -4.64. The Labute approximate surface area is 319 Å². The minimum Gasteiger partial charge on any atom is -0.462 e. The number of unbranched alkanes of at least 4 members (excludes halogenated alkanes) is 8. The van der Waals surface area contributed by atoms with Gasteiger partial charge in [-0.1, -0.05) is 139 Å². The molecule has 0 aliphatic heterocycles. The molecule has 0 aromatic rings. The number of allylic oxidation sites excluding steroid dienone is 8. The van der Waals surface area contributed by atoms with E-state index in [1.54, 1.807) is 6.08 Å². The Morgan fingerprint density at radius 1 is 0.717 bits per heavy atom. The molecule has 0 aliphatic rings. The van der Waals surface area contributed by atoms with Crippen LogP contribution in [0.15, 0.2) is 60.8 Å². The number of carbonyl (C=O) groups is 2. The monoisotopic (exact) mass is 770 g/mol. The normalized spacial score (nSPS) is 15.8. The molecule has 12 heteroatoms. The number of phosphoric ester groups is 1. The van der Waals surface area contributed by atoms with E-state index in [1.807, 2.05) is 49.5 Å². The topological polar surface area (TPSA) is 169 Å². The van der Waals surface area contributed by atoms with Crippen molar-refractivity contribution in [3.8, 4) is 0 Å². The lowest BCUT2D eigenvalue weighted by atomic mass is 9.99. The molecule has 0 heterocycles. The zero-order chi connectivity index (χ0) is 39.4. The van der Waals surface area contributed by atoms with Crippen molar-refractivity contribution in [3.05, 3.63) is 60.8 Å². The Morgan fingerprint density at radius 3 is 2.00 bits per heavy atom. The predicted octanol–water partition coefficient (Wildman–Crippen LogP) is 8.77. The third-order valence-corrected chi connectivity index (χ3v) is 9.25. The van der Waals surface area contributed by atoms with Crippen LogP contribution in [-0.4, -0.2) is 76.9 Å². The van der Waals surface area contributed by atoms with Crippen molar-refractivity contribution < 1.29 is 52.9 Å². The highest BCUT2D eigenvalue weighted by molar-refractivity contribution is 7.47. The molecule has 306 valence electrons. The van der Waals surface area contributed by atoms with E-state index in [2.05, 4.69) is 30.5 Å². The van der Waals surface area contributed by atoms with Crippen molar-refractivity contribution in [3.63, 3.8) is 0 Å². The fourth-order valence-corrected chi connectivity index (χ4v) is 5.64. The summed E-state index contributed by atoms with van der Waals surface area (Å²) in [6, 6.07) is 0. The maximum atomic E-state index is 12.5. The average molecular weight is 771 g/mol. The number of carbonyl (C=O) groups excluding carboxylic acids is 2. The highest BCUT2D eigenvalue weighted by Gasteiger charge is 2.27. The zero-order valence-electron chi connectivity index (χ0n) is 32.7. The molecule has 0 fully saturated rings. The molecule has 0 rings (SSSR count). The zero-order valence-corrected chi connectivity index (χ0v) is 33.6. The second kappa shape index (κ2) is 35.3. The molecule has 11 nitrogen and oxygen atoms in total. The fraction of sp³-hybridized carbons (Fsp3) is 0.707. The van der Waals surface area contributed by atoms with E-state index in [-0.39, 0.29) is 19.4 Å². The molecule has 4 N–H and O–H groups in total. The number of ether oxygens (including phenoxy) is 2. The largest absolute Gasteiger partial charge is 0.472 e. The average Bonchev–Trinajstić information content (AvgIpc) is 3.14. The number of phosphoric acid groups is 1. The van der Waals surface area contributed by atoms with Crippen molar-refractivity contribution >= 4 is 19.8 Å².